The second-order valence-corrected chi connectivity index (χ2v) is 4.19. The first-order chi connectivity index (χ1) is 9.17. The third-order valence-corrected chi connectivity index (χ3v) is 3.09. The lowest BCUT2D eigenvalue weighted by Gasteiger charge is -2.22. The minimum absolute atomic E-state index is 0.187. The van der Waals surface area contributed by atoms with Gasteiger partial charge in [0.05, 0.1) is 11.4 Å². The molecule has 1 aromatic heterocycles. The quantitative estimate of drug-likeness (QED) is 0.880. The molecule has 0 aliphatic heterocycles. The summed E-state index contributed by atoms with van der Waals surface area (Å²) in [5, 5.41) is 17.9. The van der Waals surface area contributed by atoms with Crippen LogP contribution in [0.2, 0.25) is 0 Å². The molecular weight excluding hydrogens is 240 g/mol. The van der Waals surface area contributed by atoms with Gasteiger partial charge >= 0.3 is 0 Å². The van der Waals surface area contributed by atoms with E-state index in [-0.39, 0.29) is 5.75 Å². The summed E-state index contributed by atoms with van der Waals surface area (Å²) in [6, 6.07) is 8.93. The van der Waals surface area contributed by atoms with Crippen molar-refractivity contribution in [2.75, 3.05) is 23.7 Å². The highest BCUT2D eigenvalue weighted by Gasteiger charge is 2.12. The standard InChI is InChI=1S/C14H18N4O/c1-3-18(4-2)12-9-11(16-17-14(12)15)10-7-5-6-8-13(10)19/h5-9,19H,3-4H2,1-2H3,(H2,15,17). The second-order valence-electron chi connectivity index (χ2n) is 4.19. The summed E-state index contributed by atoms with van der Waals surface area (Å²) >= 11 is 0. The van der Waals surface area contributed by atoms with Crippen molar-refractivity contribution in [3.05, 3.63) is 30.3 Å². The maximum absolute atomic E-state index is 9.86. The van der Waals surface area contributed by atoms with Gasteiger partial charge in [-0.15, -0.1) is 10.2 Å². The van der Waals surface area contributed by atoms with Gasteiger partial charge in [0.1, 0.15) is 5.75 Å². The van der Waals surface area contributed by atoms with Crippen LogP contribution in [0.1, 0.15) is 13.8 Å². The van der Waals surface area contributed by atoms with Gasteiger partial charge in [0, 0.05) is 18.7 Å². The topological polar surface area (TPSA) is 75.3 Å². The van der Waals surface area contributed by atoms with E-state index in [2.05, 4.69) is 28.9 Å². The van der Waals surface area contributed by atoms with Crippen LogP contribution in [0.3, 0.4) is 0 Å². The van der Waals surface area contributed by atoms with Crippen LogP contribution in [-0.2, 0) is 0 Å². The molecule has 0 unspecified atom stereocenters. The molecule has 0 bridgehead atoms. The molecule has 0 aliphatic rings. The van der Waals surface area contributed by atoms with Crippen LogP contribution < -0.4 is 10.6 Å². The number of aromatic nitrogens is 2. The Morgan fingerprint density at radius 1 is 1.16 bits per heavy atom. The molecule has 0 aliphatic carbocycles. The number of benzene rings is 1. The molecule has 5 nitrogen and oxygen atoms in total. The molecule has 5 heteroatoms. The Morgan fingerprint density at radius 3 is 2.47 bits per heavy atom. The average Bonchev–Trinajstić information content (AvgIpc) is 2.43. The van der Waals surface area contributed by atoms with E-state index >= 15 is 0 Å². The van der Waals surface area contributed by atoms with Crippen LogP contribution in [0.15, 0.2) is 30.3 Å². The first-order valence-corrected chi connectivity index (χ1v) is 6.33. The van der Waals surface area contributed by atoms with E-state index in [1.54, 1.807) is 12.1 Å². The molecule has 19 heavy (non-hydrogen) atoms. The molecule has 1 aromatic carbocycles. The Morgan fingerprint density at radius 2 is 1.84 bits per heavy atom. The van der Waals surface area contributed by atoms with Crippen LogP contribution >= 0.6 is 0 Å². The fourth-order valence-corrected chi connectivity index (χ4v) is 2.03. The molecule has 0 atom stereocenters. The fourth-order valence-electron chi connectivity index (χ4n) is 2.03. The summed E-state index contributed by atoms with van der Waals surface area (Å²) in [6.07, 6.45) is 0. The maximum Gasteiger partial charge on any atom is 0.169 e. The van der Waals surface area contributed by atoms with Crippen molar-refractivity contribution in [1.82, 2.24) is 10.2 Å². The van der Waals surface area contributed by atoms with Gasteiger partial charge in [-0.2, -0.15) is 0 Å². The lowest BCUT2D eigenvalue weighted by Crippen LogP contribution is -2.23. The summed E-state index contributed by atoms with van der Waals surface area (Å²) in [7, 11) is 0. The molecule has 2 aromatic rings. The second kappa shape index (κ2) is 5.56. The molecule has 0 saturated carbocycles. The summed E-state index contributed by atoms with van der Waals surface area (Å²) < 4.78 is 0. The van der Waals surface area contributed by atoms with E-state index in [0.717, 1.165) is 18.8 Å². The van der Waals surface area contributed by atoms with Crippen molar-refractivity contribution in [1.29, 1.82) is 0 Å². The number of hydrogen-bond donors (Lipinski definition) is 2. The third-order valence-electron chi connectivity index (χ3n) is 3.09. The smallest absolute Gasteiger partial charge is 0.169 e. The highest BCUT2D eigenvalue weighted by molar-refractivity contribution is 5.73. The zero-order valence-electron chi connectivity index (χ0n) is 11.2. The zero-order chi connectivity index (χ0) is 13.8. The largest absolute Gasteiger partial charge is 0.507 e. The van der Waals surface area contributed by atoms with E-state index in [1.165, 1.54) is 0 Å². The number of anilines is 2. The summed E-state index contributed by atoms with van der Waals surface area (Å²) in [5.74, 6) is 0.593. The number of rotatable bonds is 4. The molecule has 0 saturated heterocycles. The molecule has 0 amide bonds. The van der Waals surface area contributed by atoms with E-state index in [1.807, 2.05) is 18.2 Å². The van der Waals surface area contributed by atoms with Gasteiger partial charge in [0.15, 0.2) is 5.82 Å². The van der Waals surface area contributed by atoms with Gasteiger partial charge in [-0.25, -0.2) is 0 Å². The van der Waals surface area contributed by atoms with Crippen molar-refractivity contribution in [3.63, 3.8) is 0 Å². The lowest BCUT2D eigenvalue weighted by atomic mass is 10.1. The fraction of sp³-hybridized carbons (Fsp3) is 0.286. The van der Waals surface area contributed by atoms with E-state index in [9.17, 15) is 5.11 Å². The molecule has 100 valence electrons. The first kappa shape index (κ1) is 13.1. The number of nitrogen functional groups attached to an aromatic ring is 1. The predicted octanol–water partition coefficient (Wildman–Crippen LogP) is 2.28. The highest BCUT2D eigenvalue weighted by Crippen LogP contribution is 2.30. The van der Waals surface area contributed by atoms with E-state index in [4.69, 9.17) is 5.73 Å². The third kappa shape index (κ3) is 2.59. The predicted molar refractivity (Wildman–Crippen MR) is 77.1 cm³/mol. The Bertz CT molecular complexity index is 567. The number of aromatic hydroxyl groups is 1. The van der Waals surface area contributed by atoms with Gasteiger partial charge in [-0.1, -0.05) is 12.1 Å². The Labute approximate surface area is 112 Å². The van der Waals surface area contributed by atoms with Crippen molar-refractivity contribution in [3.8, 4) is 17.0 Å². The SMILES string of the molecule is CCN(CC)c1cc(-c2ccccc2O)nnc1N. The Hall–Kier alpha value is -2.30. The molecule has 0 radical (unpaired) electrons. The van der Waals surface area contributed by atoms with Gasteiger partial charge in [-0.3, -0.25) is 0 Å². The van der Waals surface area contributed by atoms with Gasteiger partial charge in [0.25, 0.3) is 0 Å². The van der Waals surface area contributed by atoms with Crippen LogP contribution in [0.25, 0.3) is 11.3 Å². The van der Waals surface area contributed by atoms with Gasteiger partial charge < -0.3 is 15.7 Å². The minimum atomic E-state index is 0.187. The number of nitrogens with two attached hydrogens (primary N) is 1. The number of hydrogen-bond acceptors (Lipinski definition) is 5. The number of para-hydroxylation sites is 1. The van der Waals surface area contributed by atoms with Crippen molar-refractivity contribution in [2.24, 2.45) is 0 Å². The summed E-state index contributed by atoms with van der Waals surface area (Å²) in [5.41, 5.74) is 8.00. The zero-order valence-corrected chi connectivity index (χ0v) is 11.2. The summed E-state index contributed by atoms with van der Waals surface area (Å²) in [6.45, 7) is 5.80. The average molecular weight is 258 g/mol. The van der Waals surface area contributed by atoms with Crippen LogP contribution in [0.4, 0.5) is 11.5 Å². The van der Waals surface area contributed by atoms with Crippen LogP contribution in [0, 0.1) is 0 Å². The minimum Gasteiger partial charge on any atom is -0.507 e. The molecule has 3 N–H and O–H groups in total. The van der Waals surface area contributed by atoms with Gasteiger partial charge in [-0.05, 0) is 32.0 Å². The monoisotopic (exact) mass is 258 g/mol. The normalized spacial score (nSPS) is 10.4. The molecule has 1 heterocycles. The number of phenolic OH excluding ortho intramolecular Hbond substituents is 1. The maximum atomic E-state index is 9.86. The molecular formula is C14H18N4O. The first-order valence-electron chi connectivity index (χ1n) is 6.33. The Balaban J connectivity index is 2.50. The number of nitrogens with zero attached hydrogens (tertiary/aromatic N) is 3. The lowest BCUT2D eigenvalue weighted by molar-refractivity contribution is 0.477. The molecule has 2 rings (SSSR count). The van der Waals surface area contributed by atoms with E-state index in [0.29, 0.717) is 17.1 Å². The summed E-state index contributed by atoms with van der Waals surface area (Å²) in [4.78, 5) is 2.10. The van der Waals surface area contributed by atoms with E-state index < -0.39 is 0 Å². The van der Waals surface area contributed by atoms with Crippen molar-refractivity contribution >= 4 is 11.5 Å². The van der Waals surface area contributed by atoms with Crippen LogP contribution in [0.5, 0.6) is 5.75 Å². The highest BCUT2D eigenvalue weighted by atomic mass is 16.3. The number of phenols is 1. The van der Waals surface area contributed by atoms with Crippen LogP contribution in [-0.4, -0.2) is 28.4 Å². The van der Waals surface area contributed by atoms with Gasteiger partial charge in [0.2, 0.25) is 0 Å². The van der Waals surface area contributed by atoms with Crippen molar-refractivity contribution < 1.29 is 5.11 Å². The molecule has 0 fully saturated rings. The Kier molecular flexibility index (Phi) is 3.85. The van der Waals surface area contributed by atoms with Crippen molar-refractivity contribution in [2.45, 2.75) is 13.8 Å². The molecule has 0 spiro atoms.